The van der Waals surface area contributed by atoms with Gasteiger partial charge in [0.1, 0.15) is 4.88 Å². The Hall–Kier alpha value is -1.92. The van der Waals surface area contributed by atoms with Crippen LogP contribution in [0.2, 0.25) is 4.34 Å². The quantitative estimate of drug-likeness (QED) is 0.682. The number of nitrogens with zero attached hydrogens (tertiary/aromatic N) is 1. The van der Waals surface area contributed by atoms with Crippen LogP contribution >= 0.6 is 22.9 Å². The van der Waals surface area contributed by atoms with Gasteiger partial charge in [-0.05, 0) is 25.5 Å². The number of thiophene rings is 1. The summed E-state index contributed by atoms with van der Waals surface area (Å²) in [7, 11) is 0. The molecule has 1 heterocycles. The van der Waals surface area contributed by atoms with Crippen molar-refractivity contribution in [3.63, 3.8) is 0 Å². The molecular weight excluding hydrogens is 300 g/mol. The molecule has 0 fully saturated rings. The van der Waals surface area contributed by atoms with Gasteiger partial charge in [0.2, 0.25) is 0 Å². The van der Waals surface area contributed by atoms with Crippen molar-refractivity contribution in [3.8, 4) is 0 Å². The maximum Gasteiger partial charge on any atom is 0.299 e. The molecule has 20 heavy (non-hydrogen) atoms. The molecule has 0 spiro atoms. The van der Waals surface area contributed by atoms with E-state index in [1.165, 1.54) is 6.07 Å². The SMILES string of the molecule is Cc1ccc(NC(=O)c2cc([N+](=O)[O-])c(Cl)s2)c(C)c1. The lowest BCUT2D eigenvalue weighted by molar-refractivity contribution is -0.384. The van der Waals surface area contributed by atoms with Crippen molar-refractivity contribution in [2.45, 2.75) is 13.8 Å². The van der Waals surface area contributed by atoms with Gasteiger partial charge in [0.15, 0.2) is 4.34 Å². The molecule has 1 N–H and O–H groups in total. The Balaban J connectivity index is 2.24. The minimum Gasteiger partial charge on any atom is -0.321 e. The maximum absolute atomic E-state index is 12.1. The van der Waals surface area contributed by atoms with E-state index < -0.39 is 10.8 Å². The number of nitro groups is 1. The fraction of sp³-hybridized carbons (Fsp3) is 0.154. The summed E-state index contributed by atoms with van der Waals surface area (Å²) in [6, 6.07) is 6.81. The zero-order valence-corrected chi connectivity index (χ0v) is 12.3. The molecule has 0 saturated heterocycles. The van der Waals surface area contributed by atoms with Crippen LogP contribution in [-0.2, 0) is 0 Å². The molecule has 1 aromatic heterocycles. The number of rotatable bonds is 3. The number of carbonyl (C=O) groups excluding carboxylic acids is 1. The van der Waals surface area contributed by atoms with Gasteiger partial charge in [-0.3, -0.25) is 14.9 Å². The van der Waals surface area contributed by atoms with Crippen molar-refractivity contribution < 1.29 is 9.72 Å². The fourth-order valence-electron chi connectivity index (χ4n) is 1.73. The fourth-order valence-corrected chi connectivity index (χ4v) is 2.85. The number of benzene rings is 1. The zero-order chi connectivity index (χ0) is 14.9. The van der Waals surface area contributed by atoms with E-state index in [1.54, 1.807) is 6.07 Å². The second kappa shape index (κ2) is 5.60. The van der Waals surface area contributed by atoms with Gasteiger partial charge in [-0.2, -0.15) is 0 Å². The van der Waals surface area contributed by atoms with Crippen molar-refractivity contribution in [1.29, 1.82) is 0 Å². The molecule has 0 aliphatic heterocycles. The highest BCUT2D eigenvalue weighted by Gasteiger charge is 2.21. The summed E-state index contributed by atoms with van der Waals surface area (Å²) < 4.78 is 0.000720. The Morgan fingerprint density at radius 1 is 1.35 bits per heavy atom. The lowest BCUT2D eigenvalue weighted by Gasteiger charge is -2.07. The lowest BCUT2D eigenvalue weighted by Crippen LogP contribution is -2.11. The molecule has 1 amide bonds. The Morgan fingerprint density at radius 3 is 2.60 bits per heavy atom. The highest BCUT2D eigenvalue weighted by atomic mass is 35.5. The molecule has 0 aliphatic rings. The third-order valence-corrected chi connectivity index (χ3v) is 4.06. The van der Waals surface area contributed by atoms with E-state index in [-0.39, 0.29) is 14.9 Å². The third-order valence-electron chi connectivity index (χ3n) is 2.72. The van der Waals surface area contributed by atoms with Crippen molar-refractivity contribution in [3.05, 3.63) is 54.7 Å². The summed E-state index contributed by atoms with van der Waals surface area (Å²) in [6.45, 7) is 3.84. The van der Waals surface area contributed by atoms with Gasteiger partial charge in [-0.15, -0.1) is 11.3 Å². The molecule has 7 heteroatoms. The van der Waals surface area contributed by atoms with Crippen molar-refractivity contribution in [2.24, 2.45) is 0 Å². The number of hydrogen-bond acceptors (Lipinski definition) is 4. The van der Waals surface area contributed by atoms with Gasteiger partial charge in [-0.1, -0.05) is 29.3 Å². The van der Waals surface area contributed by atoms with E-state index in [4.69, 9.17) is 11.6 Å². The normalized spacial score (nSPS) is 10.3. The number of carbonyl (C=O) groups is 1. The summed E-state index contributed by atoms with van der Waals surface area (Å²) in [5.41, 5.74) is 2.45. The summed E-state index contributed by atoms with van der Waals surface area (Å²) in [6.07, 6.45) is 0. The number of halogens is 1. The third kappa shape index (κ3) is 2.97. The van der Waals surface area contributed by atoms with Gasteiger partial charge in [0, 0.05) is 11.8 Å². The molecule has 0 saturated carbocycles. The van der Waals surface area contributed by atoms with Crippen LogP contribution in [0.25, 0.3) is 0 Å². The number of anilines is 1. The average molecular weight is 311 g/mol. The highest BCUT2D eigenvalue weighted by Crippen LogP contribution is 2.34. The largest absolute Gasteiger partial charge is 0.321 e. The second-order valence-electron chi connectivity index (χ2n) is 4.30. The number of hydrogen-bond donors (Lipinski definition) is 1. The first-order valence-corrected chi connectivity index (χ1v) is 6.90. The van der Waals surface area contributed by atoms with Crippen LogP contribution in [0, 0.1) is 24.0 Å². The predicted molar refractivity (Wildman–Crippen MR) is 79.9 cm³/mol. The van der Waals surface area contributed by atoms with E-state index in [1.807, 2.05) is 26.0 Å². The van der Waals surface area contributed by atoms with Crippen LogP contribution in [0.4, 0.5) is 11.4 Å². The summed E-state index contributed by atoms with van der Waals surface area (Å²) >= 11 is 6.63. The van der Waals surface area contributed by atoms with Crippen LogP contribution in [0.1, 0.15) is 20.8 Å². The Bertz CT molecular complexity index is 697. The Labute approximate surface area is 124 Å². The van der Waals surface area contributed by atoms with Gasteiger partial charge in [0.05, 0.1) is 4.92 Å². The highest BCUT2D eigenvalue weighted by molar-refractivity contribution is 7.18. The van der Waals surface area contributed by atoms with E-state index in [0.29, 0.717) is 5.69 Å². The minimum atomic E-state index is -0.604. The van der Waals surface area contributed by atoms with E-state index >= 15 is 0 Å². The second-order valence-corrected chi connectivity index (χ2v) is 5.95. The zero-order valence-electron chi connectivity index (χ0n) is 10.8. The minimum absolute atomic E-state index is 0.000720. The van der Waals surface area contributed by atoms with Crippen LogP contribution < -0.4 is 5.32 Å². The summed E-state index contributed by atoms with van der Waals surface area (Å²) in [5, 5.41) is 13.4. The van der Waals surface area contributed by atoms with Gasteiger partial charge >= 0.3 is 0 Å². The average Bonchev–Trinajstić information content (AvgIpc) is 2.75. The molecule has 2 rings (SSSR count). The van der Waals surface area contributed by atoms with E-state index in [2.05, 4.69) is 5.32 Å². The summed E-state index contributed by atoms with van der Waals surface area (Å²) in [5.74, 6) is -0.406. The van der Waals surface area contributed by atoms with Crippen molar-refractivity contribution in [1.82, 2.24) is 0 Å². The lowest BCUT2D eigenvalue weighted by atomic mass is 10.1. The smallest absolute Gasteiger partial charge is 0.299 e. The first kappa shape index (κ1) is 14.5. The predicted octanol–water partition coefficient (Wildman–Crippen LogP) is 4.18. The van der Waals surface area contributed by atoms with Crippen molar-refractivity contribution in [2.75, 3.05) is 5.32 Å². The van der Waals surface area contributed by atoms with E-state index in [9.17, 15) is 14.9 Å². The topological polar surface area (TPSA) is 72.2 Å². The van der Waals surface area contributed by atoms with Crippen LogP contribution in [0.3, 0.4) is 0 Å². The van der Waals surface area contributed by atoms with Crippen LogP contribution in [0.5, 0.6) is 0 Å². The van der Waals surface area contributed by atoms with Crippen LogP contribution in [-0.4, -0.2) is 10.8 Å². The molecule has 5 nitrogen and oxygen atoms in total. The Kier molecular flexibility index (Phi) is 4.06. The number of amides is 1. The number of aryl methyl sites for hydroxylation is 2. The maximum atomic E-state index is 12.1. The van der Waals surface area contributed by atoms with Gasteiger partial charge < -0.3 is 5.32 Å². The molecule has 104 valence electrons. The van der Waals surface area contributed by atoms with Crippen molar-refractivity contribution >= 4 is 40.2 Å². The molecule has 1 aromatic carbocycles. The first-order valence-electron chi connectivity index (χ1n) is 5.71. The number of nitrogens with one attached hydrogen (secondary N) is 1. The molecule has 0 bridgehead atoms. The standard InChI is InChI=1S/C13H11ClN2O3S/c1-7-3-4-9(8(2)5-7)15-13(17)11-6-10(16(18)19)12(14)20-11/h3-6H,1-2H3,(H,15,17). The van der Waals surface area contributed by atoms with Gasteiger partial charge in [0.25, 0.3) is 11.6 Å². The Morgan fingerprint density at radius 2 is 2.05 bits per heavy atom. The molecule has 0 unspecified atom stereocenters. The van der Waals surface area contributed by atoms with E-state index in [0.717, 1.165) is 22.5 Å². The first-order chi connectivity index (χ1) is 9.38. The monoisotopic (exact) mass is 310 g/mol. The molecule has 0 aliphatic carbocycles. The molecule has 2 aromatic rings. The molecular formula is C13H11ClN2O3S. The van der Waals surface area contributed by atoms with Gasteiger partial charge in [-0.25, -0.2) is 0 Å². The van der Waals surface area contributed by atoms with Crippen LogP contribution in [0.15, 0.2) is 24.3 Å². The molecule has 0 atom stereocenters. The summed E-state index contributed by atoms with van der Waals surface area (Å²) in [4.78, 5) is 22.4. The molecule has 0 radical (unpaired) electrons.